The molecule has 0 radical (unpaired) electrons. The van der Waals surface area contributed by atoms with Crippen LogP contribution in [0.1, 0.15) is 10.6 Å². The molecule has 21 heavy (non-hydrogen) atoms. The highest BCUT2D eigenvalue weighted by Gasteiger charge is 2.03. The summed E-state index contributed by atoms with van der Waals surface area (Å²) in [4.78, 5) is 4.55. The Balaban J connectivity index is 1.82. The fourth-order valence-electron chi connectivity index (χ4n) is 1.89. The molecular formula is C17H11BrFNS. The molecule has 0 bridgehead atoms. The maximum absolute atomic E-state index is 12.9. The lowest BCUT2D eigenvalue weighted by Crippen LogP contribution is -1.79. The first-order valence-corrected chi connectivity index (χ1v) is 8.04. The Labute approximate surface area is 134 Å². The Morgan fingerprint density at radius 1 is 1.00 bits per heavy atom. The van der Waals surface area contributed by atoms with E-state index >= 15 is 0 Å². The Kier molecular flexibility index (Phi) is 4.27. The van der Waals surface area contributed by atoms with Crippen LogP contribution in [0.2, 0.25) is 0 Å². The van der Waals surface area contributed by atoms with E-state index in [0.29, 0.717) is 0 Å². The average Bonchev–Trinajstić information content (AvgIpc) is 2.96. The average molecular weight is 360 g/mol. The van der Waals surface area contributed by atoms with Gasteiger partial charge in [0, 0.05) is 15.4 Å². The molecule has 1 heterocycles. The van der Waals surface area contributed by atoms with Crippen LogP contribution in [-0.4, -0.2) is 4.98 Å². The minimum atomic E-state index is -0.233. The molecule has 0 unspecified atom stereocenters. The summed E-state index contributed by atoms with van der Waals surface area (Å²) < 4.78 is 14.0. The summed E-state index contributed by atoms with van der Waals surface area (Å²) in [6.45, 7) is 0. The number of hydrogen-bond acceptors (Lipinski definition) is 2. The number of rotatable bonds is 3. The van der Waals surface area contributed by atoms with Crippen LogP contribution in [0.3, 0.4) is 0 Å². The molecule has 0 fully saturated rings. The van der Waals surface area contributed by atoms with Crippen LogP contribution in [0.5, 0.6) is 0 Å². The SMILES string of the molecule is Fc1ccc(-c2csc(/C=C/c3ccccc3Br)n2)cc1. The van der Waals surface area contributed by atoms with Gasteiger partial charge in [-0.15, -0.1) is 11.3 Å². The van der Waals surface area contributed by atoms with E-state index in [1.54, 1.807) is 23.5 Å². The Morgan fingerprint density at radius 3 is 2.52 bits per heavy atom. The fraction of sp³-hybridized carbons (Fsp3) is 0. The smallest absolute Gasteiger partial charge is 0.123 e. The molecule has 2 aromatic carbocycles. The molecule has 0 aliphatic heterocycles. The third kappa shape index (κ3) is 3.46. The second-order valence-electron chi connectivity index (χ2n) is 4.43. The third-order valence-corrected chi connectivity index (χ3v) is 4.50. The van der Waals surface area contributed by atoms with Crippen molar-refractivity contribution >= 4 is 39.4 Å². The lowest BCUT2D eigenvalue weighted by atomic mass is 10.2. The van der Waals surface area contributed by atoms with Crippen LogP contribution in [-0.2, 0) is 0 Å². The summed E-state index contributed by atoms with van der Waals surface area (Å²) in [6.07, 6.45) is 4.01. The minimum absolute atomic E-state index is 0.233. The van der Waals surface area contributed by atoms with Crippen molar-refractivity contribution in [1.29, 1.82) is 0 Å². The van der Waals surface area contributed by atoms with Crippen LogP contribution in [0.15, 0.2) is 58.4 Å². The van der Waals surface area contributed by atoms with Gasteiger partial charge in [-0.1, -0.05) is 40.2 Å². The van der Waals surface area contributed by atoms with Crippen molar-refractivity contribution in [1.82, 2.24) is 4.98 Å². The van der Waals surface area contributed by atoms with E-state index in [2.05, 4.69) is 20.9 Å². The normalized spacial score (nSPS) is 11.1. The van der Waals surface area contributed by atoms with Crippen LogP contribution >= 0.6 is 27.3 Å². The number of nitrogens with zero attached hydrogens (tertiary/aromatic N) is 1. The van der Waals surface area contributed by atoms with Crippen molar-refractivity contribution in [3.8, 4) is 11.3 Å². The Morgan fingerprint density at radius 2 is 1.76 bits per heavy atom. The molecule has 0 saturated carbocycles. The van der Waals surface area contributed by atoms with Crippen LogP contribution in [0.4, 0.5) is 4.39 Å². The summed E-state index contributed by atoms with van der Waals surface area (Å²) in [5.41, 5.74) is 2.90. The minimum Gasteiger partial charge on any atom is -0.237 e. The van der Waals surface area contributed by atoms with E-state index in [0.717, 1.165) is 26.3 Å². The van der Waals surface area contributed by atoms with Crippen molar-refractivity contribution < 1.29 is 4.39 Å². The number of halogens is 2. The first kappa shape index (κ1) is 14.2. The zero-order valence-electron chi connectivity index (χ0n) is 11.0. The zero-order valence-corrected chi connectivity index (χ0v) is 13.4. The van der Waals surface area contributed by atoms with Gasteiger partial charge >= 0.3 is 0 Å². The predicted octanol–water partition coefficient (Wildman–Crippen LogP) is 5.88. The zero-order chi connectivity index (χ0) is 14.7. The molecular weight excluding hydrogens is 349 g/mol. The van der Waals surface area contributed by atoms with Crippen molar-refractivity contribution in [2.75, 3.05) is 0 Å². The van der Waals surface area contributed by atoms with Gasteiger partial charge in [-0.3, -0.25) is 0 Å². The lowest BCUT2D eigenvalue weighted by molar-refractivity contribution is 0.628. The van der Waals surface area contributed by atoms with Crippen molar-refractivity contribution in [3.05, 3.63) is 74.8 Å². The third-order valence-electron chi connectivity index (χ3n) is 2.97. The van der Waals surface area contributed by atoms with Gasteiger partial charge in [-0.25, -0.2) is 9.37 Å². The van der Waals surface area contributed by atoms with E-state index in [-0.39, 0.29) is 5.82 Å². The van der Waals surface area contributed by atoms with E-state index in [1.165, 1.54) is 12.1 Å². The topological polar surface area (TPSA) is 12.9 Å². The first-order chi connectivity index (χ1) is 10.2. The van der Waals surface area contributed by atoms with E-state index in [1.807, 2.05) is 41.8 Å². The van der Waals surface area contributed by atoms with Crippen molar-refractivity contribution in [2.45, 2.75) is 0 Å². The maximum atomic E-state index is 12.9. The van der Waals surface area contributed by atoms with Gasteiger partial charge in [0.05, 0.1) is 5.69 Å². The molecule has 0 spiro atoms. The molecule has 0 N–H and O–H groups in total. The van der Waals surface area contributed by atoms with E-state index < -0.39 is 0 Å². The van der Waals surface area contributed by atoms with E-state index in [9.17, 15) is 4.39 Å². The van der Waals surface area contributed by atoms with Crippen LogP contribution in [0.25, 0.3) is 23.4 Å². The molecule has 4 heteroatoms. The highest BCUT2D eigenvalue weighted by Crippen LogP contribution is 2.24. The van der Waals surface area contributed by atoms with Crippen molar-refractivity contribution in [2.24, 2.45) is 0 Å². The lowest BCUT2D eigenvalue weighted by Gasteiger charge is -1.96. The standard InChI is InChI=1S/C17H11BrFNS/c18-15-4-2-1-3-12(15)7-10-17-20-16(11-21-17)13-5-8-14(19)9-6-13/h1-11H/b10-7+. The maximum Gasteiger partial charge on any atom is 0.123 e. The molecule has 3 aromatic rings. The molecule has 0 atom stereocenters. The Hall–Kier alpha value is -1.78. The molecule has 1 nitrogen and oxygen atoms in total. The molecule has 0 amide bonds. The molecule has 0 aliphatic rings. The second-order valence-corrected chi connectivity index (χ2v) is 6.18. The van der Waals surface area contributed by atoms with E-state index in [4.69, 9.17) is 0 Å². The predicted molar refractivity (Wildman–Crippen MR) is 90.6 cm³/mol. The van der Waals surface area contributed by atoms with Crippen molar-refractivity contribution in [3.63, 3.8) is 0 Å². The highest BCUT2D eigenvalue weighted by molar-refractivity contribution is 9.10. The molecule has 0 saturated heterocycles. The van der Waals surface area contributed by atoms with Gasteiger partial charge in [0.25, 0.3) is 0 Å². The summed E-state index contributed by atoms with van der Waals surface area (Å²) in [5, 5.41) is 2.90. The summed E-state index contributed by atoms with van der Waals surface area (Å²) in [5.74, 6) is -0.233. The summed E-state index contributed by atoms with van der Waals surface area (Å²) in [6, 6.07) is 14.4. The van der Waals surface area contributed by atoms with Gasteiger partial charge in [0.1, 0.15) is 10.8 Å². The summed E-state index contributed by atoms with van der Waals surface area (Å²) >= 11 is 5.08. The first-order valence-electron chi connectivity index (χ1n) is 6.36. The van der Waals surface area contributed by atoms with Gasteiger partial charge in [0.15, 0.2) is 0 Å². The quantitative estimate of drug-likeness (QED) is 0.568. The van der Waals surface area contributed by atoms with Gasteiger partial charge < -0.3 is 0 Å². The fourth-order valence-corrected chi connectivity index (χ4v) is 3.02. The number of benzene rings is 2. The van der Waals surface area contributed by atoms with Gasteiger partial charge in [-0.05, 0) is 42.0 Å². The van der Waals surface area contributed by atoms with Gasteiger partial charge in [-0.2, -0.15) is 0 Å². The highest BCUT2D eigenvalue weighted by atomic mass is 79.9. The number of hydrogen-bond donors (Lipinski definition) is 0. The van der Waals surface area contributed by atoms with Crippen LogP contribution < -0.4 is 0 Å². The largest absolute Gasteiger partial charge is 0.237 e. The molecule has 3 rings (SSSR count). The summed E-state index contributed by atoms with van der Waals surface area (Å²) in [7, 11) is 0. The van der Waals surface area contributed by atoms with Crippen LogP contribution in [0, 0.1) is 5.82 Å². The number of aromatic nitrogens is 1. The molecule has 104 valence electrons. The second kappa shape index (κ2) is 6.33. The monoisotopic (exact) mass is 359 g/mol. The molecule has 0 aliphatic carbocycles. The Bertz CT molecular complexity index is 777. The number of thiazole rings is 1. The molecule has 1 aromatic heterocycles. The van der Waals surface area contributed by atoms with Gasteiger partial charge in [0.2, 0.25) is 0 Å².